The molecule has 1 aromatic carbocycles. The molecule has 0 aliphatic heterocycles. The van der Waals surface area contributed by atoms with Crippen LogP contribution in [0.25, 0.3) is 5.69 Å². The molecule has 5 nitrogen and oxygen atoms in total. The van der Waals surface area contributed by atoms with Crippen molar-refractivity contribution in [3.8, 4) is 5.69 Å². The smallest absolute Gasteiger partial charge is 0.382 e. The van der Waals surface area contributed by atoms with Crippen LogP contribution in [0.15, 0.2) is 11.0 Å². The number of aryl methyl sites for hydroxylation is 1. The Balaban J connectivity index is 2.84. The van der Waals surface area contributed by atoms with Crippen molar-refractivity contribution < 1.29 is 30.4 Å². The zero-order valence-corrected chi connectivity index (χ0v) is 16.5. The van der Waals surface area contributed by atoms with E-state index in [1.165, 1.54) is 0 Å². The van der Waals surface area contributed by atoms with E-state index >= 15 is 0 Å². The Labute approximate surface area is 168 Å². The molecule has 0 amide bonds. The number of nitrogens with zero attached hydrogens (tertiary/aromatic N) is 2. The zero-order chi connectivity index (χ0) is 21.1. The molecule has 0 spiro atoms. The fourth-order valence-corrected chi connectivity index (χ4v) is 4.24. The molecule has 150 valence electrons. The maximum absolute atomic E-state index is 14.1. The van der Waals surface area contributed by atoms with Gasteiger partial charge in [0, 0.05) is 0 Å². The lowest BCUT2D eigenvalue weighted by atomic mass is 10.2. The summed E-state index contributed by atoms with van der Waals surface area (Å²) < 4.78 is 87.0. The number of aromatic nitrogens is 2. The van der Waals surface area contributed by atoms with Gasteiger partial charge in [0.2, 0.25) is 9.84 Å². The van der Waals surface area contributed by atoms with E-state index in [0.29, 0.717) is 4.68 Å². The third-order valence-corrected chi connectivity index (χ3v) is 6.77. The zero-order valence-electron chi connectivity index (χ0n) is 12.7. The van der Waals surface area contributed by atoms with Gasteiger partial charge in [0.25, 0.3) is 0 Å². The van der Waals surface area contributed by atoms with Gasteiger partial charge in [0.05, 0.1) is 16.3 Å². The standard InChI is InChI=1S/C12H6Cl4F5N3O2S/c1-3-9(27(25,26)12(15,16)21)10(22)24(23-3)8-5(13)2-4(11(18,19)20)7(17)6(8)14/h2H,22H2,1H3. The van der Waals surface area contributed by atoms with Crippen LogP contribution < -0.4 is 5.73 Å². The fraction of sp³-hybridized carbons (Fsp3) is 0.250. The summed E-state index contributed by atoms with van der Waals surface area (Å²) in [6.07, 6.45) is -5.11. The highest BCUT2D eigenvalue weighted by Gasteiger charge is 2.46. The minimum atomic E-state index is -5.11. The minimum absolute atomic E-state index is 0.214. The van der Waals surface area contributed by atoms with Gasteiger partial charge in [-0.15, -0.1) is 0 Å². The number of halogens is 9. The molecule has 0 atom stereocenters. The van der Waals surface area contributed by atoms with Gasteiger partial charge >= 0.3 is 10.1 Å². The summed E-state index contributed by atoms with van der Waals surface area (Å²) >= 11 is 21.4. The van der Waals surface area contributed by atoms with Crippen molar-refractivity contribution in [3.63, 3.8) is 0 Å². The molecule has 2 rings (SSSR count). The van der Waals surface area contributed by atoms with Crippen LogP contribution in [0.2, 0.25) is 10.0 Å². The number of alkyl halides is 6. The maximum Gasteiger partial charge on any atom is 0.419 e. The van der Waals surface area contributed by atoms with Crippen molar-refractivity contribution >= 4 is 62.1 Å². The molecule has 1 heterocycles. The van der Waals surface area contributed by atoms with Gasteiger partial charge in [-0.25, -0.2) is 17.5 Å². The van der Waals surface area contributed by atoms with E-state index in [-0.39, 0.29) is 6.07 Å². The Morgan fingerprint density at radius 3 is 2.15 bits per heavy atom. The number of hydrogen-bond donors (Lipinski definition) is 1. The summed E-state index contributed by atoms with van der Waals surface area (Å²) in [6, 6.07) is 0.214. The number of anilines is 1. The van der Waals surface area contributed by atoms with Crippen molar-refractivity contribution in [1.29, 1.82) is 0 Å². The first-order valence-electron chi connectivity index (χ1n) is 6.43. The van der Waals surface area contributed by atoms with Crippen molar-refractivity contribution in [2.24, 2.45) is 0 Å². The Kier molecular flexibility index (Phi) is 5.61. The molecule has 2 N–H and O–H groups in total. The predicted molar refractivity (Wildman–Crippen MR) is 90.4 cm³/mol. The van der Waals surface area contributed by atoms with Gasteiger partial charge in [0.15, 0.2) is 5.82 Å². The predicted octanol–water partition coefficient (Wildman–Crippen LogP) is 5.06. The molecular weight excluding hydrogens is 487 g/mol. The van der Waals surface area contributed by atoms with E-state index in [2.05, 4.69) is 5.10 Å². The summed E-state index contributed by atoms with van der Waals surface area (Å²) in [5.41, 5.74) is 2.71. The molecule has 0 saturated carbocycles. The minimum Gasteiger partial charge on any atom is -0.382 e. The largest absolute Gasteiger partial charge is 0.419 e. The molecule has 0 saturated heterocycles. The Morgan fingerprint density at radius 1 is 1.19 bits per heavy atom. The average molecular weight is 493 g/mol. The van der Waals surface area contributed by atoms with E-state index in [0.717, 1.165) is 6.92 Å². The highest BCUT2D eigenvalue weighted by Crippen LogP contribution is 2.43. The second-order valence-corrected chi connectivity index (χ2v) is 9.49. The van der Waals surface area contributed by atoms with Crippen LogP contribution >= 0.6 is 46.4 Å². The third kappa shape index (κ3) is 3.67. The summed E-state index contributed by atoms with van der Waals surface area (Å²) in [5.74, 6) is -2.74. The molecular formula is C12H6Cl4F5N3O2S. The molecule has 0 bridgehead atoms. The number of benzene rings is 1. The van der Waals surface area contributed by atoms with Crippen molar-refractivity contribution in [3.05, 3.63) is 33.2 Å². The normalized spacial score (nSPS) is 13.3. The van der Waals surface area contributed by atoms with Crippen LogP contribution in [0, 0.1) is 12.7 Å². The molecule has 15 heteroatoms. The highest BCUT2D eigenvalue weighted by molar-refractivity contribution is 7.95. The summed E-state index contributed by atoms with van der Waals surface area (Å²) in [7, 11) is -5.10. The lowest BCUT2D eigenvalue weighted by Gasteiger charge is -2.15. The number of sulfone groups is 1. The first-order chi connectivity index (χ1) is 12.0. The summed E-state index contributed by atoms with van der Waals surface area (Å²) in [6.45, 7) is 1.06. The van der Waals surface area contributed by atoms with Crippen molar-refractivity contribution in [1.82, 2.24) is 9.78 Å². The third-order valence-electron chi connectivity index (χ3n) is 3.26. The number of nitrogen functional groups attached to an aromatic ring is 1. The van der Waals surface area contributed by atoms with Crippen LogP contribution in [-0.4, -0.2) is 22.1 Å². The first-order valence-corrected chi connectivity index (χ1v) is 9.42. The van der Waals surface area contributed by atoms with E-state index in [1.807, 2.05) is 0 Å². The second-order valence-electron chi connectivity index (χ2n) is 5.04. The Hall–Kier alpha value is -1.01. The van der Waals surface area contributed by atoms with Gasteiger partial charge in [-0.2, -0.15) is 22.7 Å². The molecule has 0 aliphatic rings. The molecule has 0 aliphatic carbocycles. The SMILES string of the molecule is Cc1nn(-c2c(Cl)cc(C(F)(F)F)c(F)c2Cl)c(N)c1S(=O)(=O)C(F)(Cl)Cl. The molecule has 0 unspecified atom stereocenters. The number of nitrogens with two attached hydrogens (primary N) is 1. The van der Waals surface area contributed by atoms with E-state index in [4.69, 9.17) is 52.1 Å². The van der Waals surface area contributed by atoms with Crippen LogP contribution in [0.5, 0.6) is 0 Å². The number of hydrogen-bond acceptors (Lipinski definition) is 4. The van der Waals surface area contributed by atoms with Gasteiger partial charge < -0.3 is 5.73 Å². The molecule has 2 aromatic rings. The van der Waals surface area contributed by atoms with Crippen LogP contribution in [0.3, 0.4) is 0 Å². The molecule has 1 aromatic heterocycles. The van der Waals surface area contributed by atoms with Gasteiger partial charge in [-0.05, 0) is 36.2 Å². The van der Waals surface area contributed by atoms with Crippen LogP contribution in [0.1, 0.15) is 11.3 Å². The van der Waals surface area contributed by atoms with Crippen LogP contribution in [0.4, 0.5) is 27.8 Å². The van der Waals surface area contributed by atoms with E-state index in [9.17, 15) is 30.4 Å². The monoisotopic (exact) mass is 491 g/mol. The van der Waals surface area contributed by atoms with Crippen molar-refractivity contribution in [2.45, 2.75) is 21.9 Å². The van der Waals surface area contributed by atoms with Crippen LogP contribution in [-0.2, 0) is 16.0 Å². The number of rotatable bonds is 3. The lowest BCUT2D eigenvalue weighted by Crippen LogP contribution is -2.22. The fourth-order valence-electron chi connectivity index (χ4n) is 2.13. The molecule has 0 radical (unpaired) electrons. The quantitative estimate of drug-likeness (QED) is 0.369. The highest BCUT2D eigenvalue weighted by atomic mass is 35.5. The summed E-state index contributed by atoms with van der Waals surface area (Å²) in [5, 5.41) is 1.73. The molecule has 27 heavy (non-hydrogen) atoms. The Bertz CT molecular complexity index is 1030. The topological polar surface area (TPSA) is 78.0 Å². The summed E-state index contributed by atoms with van der Waals surface area (Å²) in [4.78, 5) is -0.970. The lowest BCUT2D eigenvalue weighted by molar-refractivity contribution is -0.139. The average Bonchev–Trinajstić information content (AvgIpc) is 2.76. The van der Waals surface area contributed by atoms with Gasteiger partial charge in [-0.3, -0.25) is 0 Å². The van der Waals surface area contributed by atoms with Gasteiger partial charge in [-0.1, -0.05) is 23.2 Å². The molecule has 0 fully saturated rings. The second kappa shape index (κ2) is 6.80. The van der Waals surface area contributed by atoms with E-state index in [1.54, 1.807) is 0 Å². The maximum atomic E-state index is 14.1. The van der Waals surface area contributed by atoms with Crippen molar-refractivity contribution in [2.75, 3.05) is 5.73 Å². The Morgan fingerprint density at radius 2 is 1.70 bits per heavy atom. The van der Waals surface area contributed by atoms with Gasteiger partial charge in [0.1, 0.15) is 21.4 Å². The van der Waals surface area contributed by atoms with E-state index < -0.39 is 63.5 Å². The first kappa shape index (κ1) is 22.3.